The average Bonchev–Trinajstić information content (AvgIpc) is 3.17. The third kappa shape index (κ3) is 4.84. The number of benzene rings is 3. The monoisotopic (exact) mass is 454 g/mol. The van der Waals surface area contributed by atoms with Crippen LogP contribution in [0.5, 0.6) is 5.75 Å². The minimum atomic E-state index is -0.226. The largest absolute Gasteiger partial charge is 0.493 e. The lowest BCUT2D eigenvalue weighted by atomic mass is 10.2. The van der Waals surface area contributed by atoms with Crippen LogP contribution in [-0.2, 0) is 0 Å². The lowest BCUT2D eigenvalue weighted by Gasteiger charge is -2.09. The predicted molar refractivity (Wildman–Crippen MR) is 124 cm³/mol. The van der Waals surface area contributed by atoms with Crippen molar-refractivity contribution in [2.24, 2.45) is 5.92 Å². The van der Waals surface area contributed by atoms with E-state index in [1.54, 1.807) is 60.7 Å². The number of fused-ring (bicyclic) bond motifs is 1. The van der Waals surface area contributed by atoms with Crippen molar-refractivity contribution in [2.75, 3.05) is 11.9 Å². The number of nitrogens with one attached hydrogen (secondary N) is 1. The molecule has 7 heteroatoms. The Morgan fingerprint density at radius 3 is 2.61 bits per heavy atom. The van der Waals surface area contributed by atoms with Crippen molar-refractivity contribution in [1.82, 2.24) is 4.98 Å². The molecule has 0 unspecified atom stereocenters. The number of rotatable bonds is 6. The van der Waals surface area contributed by atoms with Crippen molar-refractivity contribution in [3.63, 3.8) is 0 Å². The molecule has 1 amide bonds. The molecule has 0 aliphatic carbocycles. The van der Waals surface area contributed by atoms with Crippen molar-refractivity contribution in [1.29, 1.82) is 0 Å². The fourth-order valence-corrected chi connectivity index (χ4v) is 3.34. The number of hydrogen-bond donors (Lipinski definition) is 1. The lowest BCUT2D eigenvalue weighted by Crippen LogP contribution is -2.12. The predicted octanol–water partition coefficient (Wildman–Crippen LogP) is 7.09. The Balaban J connectivity index is 1.51. The molecule has 0 radical (unpaired) electrons. The average molecular weight is 455 g/mol. The van der Waals surface area contributed by atoms with Gasteiger partial charge in [-0.1, -0.05) is 43.1 Å². The fourth-order valence-electron chi connectivity index (χ4n) is 2.96. The van der Waals surface area contributed by atoms with E-state index in [2.05, 4.69) is 24.1 Å². The second-order valence-corrected chi connectivity index (χ2v) is 8.27. The Kier molecular flexibility index (Phi) is 6.16. The van der Waals surface area contributed by atoms with E-state index in [1.165, 1.54) is 0 Å². The quantitative estimate of drug-likeness (QED) is 0.337. The minimum Gasteiger partial charge on any atom is -0.493 e. The topological polar surface area (TPSA) is 64.4 Å². The van der Waals surface area contributed by atoms with E-state index in [9.17, 15) is 4.79 Å². The molecule has 0 atom stereocenters. The first kappa shape index (κ1) is 21.2. The molecular weight excluding hydrogens is 435 g/mol. The summed E-state index contributed by atoms with van der Waals surface area (Å²) in [6.07, 6.45) is 0. The van der Waals surface area contributed by atoms with Gasteiger partial charge in [0.25, 0.3) is 5.91 Å². The highest BCUT2D eigenvalue weighted by Crippen LogP contribution is 2.35. The van der Waals surface area contributed by atoms with Crippen LogP contribution in [0.1, 0.15) is 24.2 Å². The van der Waals surface area contributed by atoms with Gasteiger partial charge in [0.2, 0.25) is 5.89 Å². The summed E-state index contributed by atoms with van der Waals surface area (Å²) in [7, 11) is 0. The number of nitrogens with zero attached hydrogens (tertiary/aromatic N) is 1. The van der Waals surface area contributed by atoms with Crippen LogP contribution in [-0.4, -0.2) is 17.5 Å². The normalized spacial score (nSPS) is 11.1. The second kappa shape index (κ2) is 9.00. The highest BCUT2D eigenvalue weighted by Gasteiger charge is 2.14. The molecule has 0 fully saturated rings. The molecule has 0 saturated carbocycles. The SMILES string of the molecule is CC(C)COc1ccc(C(=O)Nc2ccc3oc(-c4cccc(Cl)c4Cl)nc3c2)cc1. The van der Waals surface area contributed by atoms with Crippen LogP contribution in [0, 0.1) is 5.92 Å². The Morgan fingerprint density at radius 1 is 1.10 bits per heavy atom. The van der Waals surface area contributed by atoms with Crippen molar-refractivity contribution < 1.29 is 13.9 Å². The second-order valence-electron chi connectivity index (χ2n) is 7.49. The number of halogens is 2. The molecule has 1 N–H and O–H groups in total. The van der Waals surface area contributed by atoms with Gasteiger partial charge in [0.15, 0.2) is 5.58 Å². The number of carbonyl (C=O) groups is 1. The summed E-state index contributed by atoms with van der Waals surface area (Å²) in [6.45, 7) is 4.80. The van der Waals surface area contributed by atoms with Gasteiger partial charge in [-0.3, -0.25) is 4.79 Å². The van der Waals surface area contributed by atoms with Crippen LogP contribution in [0.2, 0.25) is 10.0 Å². The molecule has 0 aliphatic heterocycles. The molecule has 0 aliphatic rings. The van der Waals surface area contributed by atoms with Crippen molar-refractivity contribution >= 4 is 45.9 Å². The minimum absolute atomic E-state index is 0.226. The summed E-state index contributed by atoms with van der Waals surface area (Å²) in [4.78, 5) is 17.1. The van der Waals surface area contributed by atoms with E-state index in [4.69, 9.17) is 32.4 Å². The summed E-state index contributed by atoms with van der Waals surface area (Å²) in [6, 6.07) is 17.6. The highest BCUT2D eigenvalue weighted by molar-refractivity contribution is 6.43. The van der Waals surface area contributed by atoms with Gasteiger partial charge in [0.1, 0.15) is 11.3 Å². The molecule has 31 heavy (non-hydrogen) atoms. The van der Waals surface area contributed by atoms with E-state index < -0.39 is 0 Å². The van der Waals surface area contributed by atoms with Crippen LogP contribution in [0.3, 0.4) is 0 Å². The van der Waals surface area contributed by atoms with Gasteiger partial charge in [0, 0.05) is 11.3 Å². The summed E-state index contributed by atoms with van der Waals surface area (Å²) >= 11 is 12.4. The molecule has 4 rings (SSSR count). The van der Waals surface area contributed by atoms with Gasteiger partial charge >= 0.3 is 0 Å². The van der Waals surface area contributed by atoms with E-state index in [0.29, 0.717) is 56.4 Å². The van der Waals surface area contributed by atoms with Gasteiger partial charge in [-0.2, -0.15) is 0 Å². The van der Waals surface area contributed by atoms with Gasteiger partial charge in [-0.15, -0.1) is 0 Å². The molecular formula is C24H20Cl2N2O3. The smallest absolute Gasteiger partial charge is 0.255 e. The Labute approximate surface area is 189 Å². The zero-order chi connectivity index (χ0) is 22.0. The molecule has 0 bridgehead atoms. The maximum atomic E-state index is 12.6. The number of aromatic nitrogens is 1. The summed E-state index contributed by atoms with van der Waals surface area (Å²) in [5, 5.41) is 3.69. The molecule has 5 nitrogen and oxygen atoms in total. The first-order valence-corrected chi connectivity index (χ1v) is 10.6. The first-order chi connectivity index (χ1) is 14.9. The molecule has 4 aromatic rings. The third-order valence-corrected chi connectivity index (χ3v) is 5.35. The van der Waals surface area contributed by atoms with Crippen molar-refractivity contribution in [2.45, 2.75) is 13.8 Å². The Morgan fingerprint density at radius 2 is 1.87 bits per heavy atom. The number of anilines is 1. The molecule has 1 heterocycles. The van der Waals surface area contributed by atoms with Crippen LogP contribution >= 0.6 is 23.2 Å². The van der Waals surface area contributed by atoms with Crippen LogP contribution in [0.25, 0.3) is 22.6 Å². The van der Waals surface area contributed by atoms with E-state index in [-0.39, 0.29) is 5.91 Å². The van der Waals surface area contributed by atoms with Gasteiger partial charge in [-0.05, 0) is 60.5 Å². The number of hydrogen-bond acceptors (Lipinski definition) is 4. The Hall–Kier alpha value is -3.02. The van der Waals surface area contributed by atoms with Crippen molar-refractivity contribution in [3.8, 4) is 17.2 Å². The zero-order valence-corrected chi connectivity index (χ0v) is 18.5. The molecule has 0 saturated heterocycles. The maximum absolute atomic E-state index is 12.6. The fraction of sp³-hybridized carbons (Fsp3) is 0.167. The summed E-state index contributed by atoms with van der Waals surface area (Å²) in [5.41, 5.74) is 2.92. The first-order valence-electron chi connectivity index (χ1n) is 9.80. The molecule has 0 spiro atoms. The third-order valence-electron chi connectivity index (χ3n) is 4.53. The summed E-state index contributed by atoms with van der Waals surface area (Å²) < 4.78 is 11.5. The van der Waals surface area contributed by atoms with Gasteiger partial charge in [-0.25, -0.2) is 4.98 Å². The number of oxazole rings is 1. The molecule has 158 valence electrons. The van der Waals surface area contributed by atoms with Gasteiger partial charge < -0.3 is 14.5 Å². The maximum Gasteiger partial charge on any atom is 0.255 e. The summed E-state index contributed by atoms with van der Waals surface area (Å²) in [5.74, 6) is 1.31. The van der Waals surface area contributed by atoms with Crippen LogP contribution in [0.4, 0.5) is 5.69 Å². The number of amides is 1. The number of carbonyl (C=O) groups excluding carboxylic acids is 1. The zero-order valence-electron chi connectivity index (χ0n) is 17.0. The van der Waals surface area contributed by atoms with Crippen LogP contribution < -0.4 is 10.1 Å². The molecule has 1 aromatic heterocycles. The Bertz CT molecular complexity index is 1230. The van der Waals surface area contributed by atoms with Crippen LogP contribution in [0.15, 0.2) is 65.1 Å². The van der Waals surface area contributed by atoms with Crippen molar-refractivity contribution in [3.05, 3.63) is 76.3 Å². The standard InChI is InChI=1S/C24H20Cl2N2O3/c1-14(2)13-30-17-9-6-15(7-10-17)23(29)27-16-8-11-21-20(12-16)28-24(31-21)18-4-3-5-19(25)22(18)26/h3-12,14H,13H2,1-2H3,(H,27,29). The lowest BCUT2D eigenvalue weighted by molar-refractivity contribution is 0.102. The molecule has 3 aromatic carbocycles. The van der Waals surface area contributed by atoms with E-state index in [0.717, 1.165) is 5.75 Å². The van der Waals surface area contributed by atoms with E-state index >= 15 is 0 Å². The van der Waals surface area contributed by atoms with E-state index in [1.807, 2.05) is 0 Å². The van der Waals surface area contributed by atoms with Gasteiger partial charge in [0.05, 0.1) is 22.2 Å². The number of ether oxygens (including phenoxy) is 1. The highest BCUT2D eigenvalue weighted by atomic mass is 35.5.